The normalized spacial score (nSPS) is 23.4. The van der Waals surface area contributed by atoms with Gasteiger partial charge in [-0.2, -0.15) is 0 Å². The number of carbonyl (C=O) groups is 1. The molecule has 1 amide bonds. The van der Waals surface area contributed by atoms with Crippen molar-refractivity contribution in [3.63, 3.8) is 0 Å². The average Bonchev–Trinajstić information content (AvgIpc) is 3.02. The van der Waals surface area contributed by atoms with Crippen LogP contribution in [0.1, 0.15) is 23.4 Å². The lowest BCUT2D eigenvalue weighted by Crippen LogP contribution is -2.38. The van der Waals surface area contributed by atoms with Crippen molar-refractivity contribution in [2.45, 2.75) is 31.7 Å². The van der Waals surface area contributed by atoms with Crippen molar-refractivity contribution in [1.29, 1.82) is 0 Å². The van der Waals surface area contributed by atoms with Crippen LogP contribution < -0.4 is 5.32 Å². The van der Waals surface area contributed by atoms with E-state index in [1.807, 2.05) is 4.90 Å². The summed E-state index contributed by atoms with van der Waals surface area (Å²) in [6.45, 7) is 0.199. The lowest BCUT2D eigenvalue weighted by Gasteiger charge is -2.21. The second kappa shape index (κ2) is 5.66. The van der Waals surface area contributed by atoms with Crippen molar-refractivity contribution in [2.75, 3.05) is 30.4 Å². The third kappa shape index (κ3) is 3.44. The van der Waals surface area contributed by atoms with Crippen molar-refractivity contribution < 1.29 is 13.2 Å². The van der Waals surface area contributed by atoms with Crippen LogP contribution in [0.3, 0.4) is 0 Å². The minimum Gasteiger partial charge on any atom is -0.301 e. The van der Waals surface area contributed by atoms with E-state index in [0.717, 1.165) is 25.0 Å². The maximum Gasteiger partial charge on any atom is 0.240 e. The van der Waals surface area contributed by atoms with E-state index in [1.165, 1.54) is 4.88 Å². The van der Waals surface area contributed by atoms with Crippen LogP contribution >= 0.6 is 11.3 Å². The Morgan fingerprint density at radius 1 is 1.48 bits per heavy atom. The van der Waals surface area contributed by atoms with Gasteiger partial charge in [0.1, 0.15) is 0 Å². The second-order valence-corrected chi connectivity index (χ2v) is 9.07. The number of sulfone groups is 1. The van der Waals surface area contributed by atoms with E-state index in [1.54, 1.807) is 18.4 Å². The molecule has 116 valence electrons. The minimum absolute atomic E-state index is 0.0537. The molecule has 8 heteroatoms. The topological polar surface area (TPSA) is 79.4 Å². The molecule has 0 radical (unpaired) electrons. The van der Waals surface area contributed by atoms with Crippen LogP contribution in [0.5, 0.6) is 0 Å². The highest BCUT2D eigenvalue weighted by Crippen LogP contribution is 2.30. The molecule has 0 bridgehead atoms. The average molecular weight is 329 g/mol. The predicted octanol–water partition coefficient (Wildman–Crippen LogP) is 0.689. The molecule has 1 unspecified atom stereocenters. The standard InChI is InChI=1S/C13H19N3O3S2/c1-16(9-5-6-21(18,19)8-9)7-12(17)15-13-14-10-3-2-4-11(10)20-13/h9H,2-8H2,1H3,(H,14,15,17). The van der Waals surface area contributed by atoms with Gasteiger partial charge in [0.15, 0.2) is 15.0 Å². The summed E-state index contributed by atoms with van der Waals surface area (Å²) in [6, 6.07) is -0.0537. The van der Waals surface area contributed by atoms with Gasteiger partial charge in [-0.3, -0.25) is 9.69 Å². The number of hydrogen-bond acceptors (Lipinski definition) is 6. The number of hydrogen-bond donors (Lipinski definition) is 1. The fourth-order valence-electron chi connectivity index (χ4n) is 2.88. The van der Waals surface area contributed by atoms with Crippen molar-refractivity contribution in [3.05, 3.63) is 10.6 Å². The summed E-state index contributed by atoms with van der Waals surface area (Å²) < 4.78 is 22.9. The molecule has 0 saturated carbocycles. The molecule has 1 saturated heterocycles. The number of likely N-dealkylation sites (N-methyl/N-ethyl adjacent to an activating group) is 1. The first-order valence-corrected chi connectivity index (χ1v) is 9.76. The van der Waals surface area contributed by atoms with E-state index in [0.29, 0.717) is 11.6 Å². The molecular formula is C13H19N3O3S2. The highest BCUT2D eigenvalue weighted by molar-refractivity contribution is 7.91. The first-order chi connectivity index (χ1) is 9.93. The van der Waals surface area contributed by atoms with Crippen LogP contribution in [-0.4, -0.2) is 55.3 Å². The summed E-state index contributed by atoms with van der Waals surface area (Å²) in [5, 5.41) is 3.49. The maximum atomic E-state index is 12.0. The zero-order valence-electron chi connectivity index (χ0n) is 12.0. The quantitative estimate of drug-likeness (QED) is 0.879. The molecule has 1 aromatic rings. The smallest absolute Gasteiger partial charge is 0.240 e. The van der Waals surface area contributed by atoms with E-state index in [9.17, 15) is 13.2 Å². The number of rotatable bonds is 4. The zero-order chi connectivity index (χ0) is 15.0. The molecule has 0 spiro atoms. The molecule has 6 nitrogen and oxygen atoms in total. The van der Waals surface area contributed by atoms with E-state index < -0.39 is 9.84 Å². The zero-order valence-corrected chi connectivity index (χ0v) is 13.6. The Morgan fingerprint density at radius 3 is 2.95 bits per heavy atom. The van der Waals surface area contributed by atoms with Gasteiger partial charge in [0, 0.05) is 10.9 Å². The molecule has 1 N–H and O–H groups in total. The third-order valence-electron chi connectivity index (χ3n) is 4.07. The predicted molar refractivity (Wildman–Crippen MR) is 82.5 cm³/mol. The van der Waals surface area contributed by atoms with Crippen LogP contribution in [0.25, 0.3) is 0 Å². The number of anilines is 1. The van der Waals surface area contributed by atoms with Gasteiger partial charge in [-0.25, -0.2) is 13.4 Å². The maximum absolute atomic E-state index is 12.0. The van der Waals surface area contributed by atoms with E-state index in [4.69, 9.17) is 0 Å². The van der Waals surface area contributed by atoms with E-state index >= 15 is 0 Å². The van der Waals surface area contributed by atoms with Gasteiger partial charge in [-0.15, -0.1) is 11.3 Å². The van der Waals surface area contributed by atoms with Crippen LogP contribution in [0.4, 0.5) is 5.13 Å². The van der Waals surface area contributed by atoms with Crippen molar-refractivity contribution >= 4 is 32.2 Å². The van der Waals surface area contributed by atoms with Crippen molar-refractivity contribution in [2.24, 2.45) is 0 Å². The highest BCUT2D eigenvalue weighted by Gasteiger charge is 2.31. The van der Waals surface area contributed by atoms with Gasteiger partial charge in [0.05, 0.1) is 23.7 Å². The lowest BCUT2D eigenvalue weighted by molar-refractivity contribution is -0.117. The molecule has 1 aromatic heterocycles. The van der Waals surface area contributed by atoms with Gasteiger partial charge in [-0.05, 0) is 32.7 Å². The minimum atomic E-state index is -2.92. The number of thiazole rings is 1. The summed E-state index contributed by atoms with van der Waals surface area (Å²) in [5.41, 5.74) is 1.12. The fourth-order valence-corrected chi connectivity index (χ4v) is 5.75. The number of amides is 1. The van der Waals surface area contributed by atoms with Crippen LogP contribution in [0.2, 0.25) is 0 Å². The number of aromatic nitrogens is 1. The van der Waals surface area contributed by atoms with Gasteiger partial charge in [-0.1, -0.05) is 0 Å². The first kappa shape index (κ1) is 14.9. The molecule has 1 atom stereocenters. The highest BCUT2D eigenvalue weighted by atomic mass is 32.2. The fraction of sp³-hybridized carbons (Fsp3) is 0.692. The number of aryl methyl sites for hydroxylation is 2. The van der Waals surface area contributed by atoms with E-state index in [2.05, 4.69) is 10.3 Å². The monoisotopic (exact) mass is 329 g/mol. The molecule has 2 heterocycles. The van der Waals surface area contributed by atoms with Gasteiger partial charge >= 0.3 is 0 Å². The Kier molecular flexibility index (Phi) is 4.02. The Balaban J connectivity index is 1.54. The molecule has 21 heavy (non-hydrogen) atoms. The summed E-state index contributed by atoms with van der Waals surface area (Å²) in [4.78, 5) is 19.6. The summed E-state index contributed by atoms with van der Waals surface area (Å²) in [5.74, 6) is 0.250. The van der Waals surface area contributed by atoms with Crippen LogP contribution in [-0.2, 0) is 27.5 Å². The Morgan fingerprint density at radius 2 is 2.29 bits per heavy atom. The number of nitrogens with one attached hydrogen (secondary N) is 1. The number of nitrogens with zero attached hydrogens (tertiary/aromatic N) is 2. The molecule has 1 aliphatic carbocycles. The summed E-state index contributed by atoms with van der Waals surface area (Å²) in [6.07, 6.45) is 3.82. The molecular weight excluding hydrogens is 310 g/mol. The third-order valence-corrected chi connectivity index (χ3v) is 6.89. The molecule has 2 aliphatic rings. The SMILES string of the molecule is CN(CC(=O)Nc1nc2c(s1)CCC2)C1CCS(=O)(=O)C1. The van der Waals surface area contributed by atoms with Crippen molar-refractivity contribution in [3.8, 4) is 0 Å². The first-order valence-electron chi connectivity index (χ1n) is 7.12. The Hall–Kier alpha value is -0.990. The van der Waals surface area contributed by atoms with Gasteiger partial charge < -0.3 is 5.32 Å². The summed E-state index contributed by atoms with van der Waals surface area (Å²) >= 11 is 1.55. The second-order valence-electron chi connectivity index (χ2n) is 5.76. The number of fused-ring (bicyclic) bond motifs is 1. The van der Waals surface area contributed by atoms with Crippen LogP contribution in [0, 0.1) is 0 Å². The molecule has 0 aromatic carbocycles. The Bertz CT molecular complexity index is 632. The number of carbonyl (C=O) groups excluding carboxylic acids is 1. The van der Waals surface area contributed by atoms with Crippen LogP contribution in [0.15, 0.2) is 0 Å². The van der Waals surface area contributed by atoms with E-state index in [-0.39, 0.29) is 30.0 Å². The lowest BCUT2D eigenvalue weighted by atomic mass is 10.2. The van der Waals surface area contributed by atoms with Crippen molar-refractivity contribution in [1.82, 2.24) is 9.88 Å². The molecule has 1 fully saturated rings. The summed E-state index contributed by atoms with van der Waals surface area (Å²) in [7, 11) is -1.12. The molecule has 3 rings (SSSR count). The van der Waals surface area contributed by atoms with Gasteiger partial charge in [0.25, 0.3) is 0 Å². The largest absolute Gasteiger partial charge is 0.301 e. The van der Waals surface area contributed by atoms with Gasteiger partial charge in [0.2, 0.25) is 5.91 Å². The Labute approximate surface area is 128 Å². The molecule has 1 aliphatic heterocycles.